The third-order valence-corrected chi connectivity index (χ3v) is 3.59. The summed E-state index contributed by atoms with van der Waals surface area (Å²) >= 11 is 1.46. The smallest absolute Gasteiger partial charge is 0.328 e. The maximum Gasteiger partial charge on any atom is 0.328 e. The normalized spacial score (nSPS) is 11.6. The zero-order valence-electron chi connectivity index (χ0n) is 10.6. The van der Waals surface area contributed by atoms with Gasteiger partial charge in [-0.05, 0) is 12.5 Å². The third kappa shape index (κ3) is 2.73. The highest BCUT2D eigenvalue weighted by atomic mass is 32.1. The van der Waals surface area contributed by atoms with E-state index in [1.165, 1.54) is 23.6 Å². The van der Waals surface area contributed by atoms with Gasteiger partial charge in [-0.3, -0.25) is 10.1 Å². The first-order valence-corrected chi connectivity index (χ1v) is 6.74. The lowest BCUT2D eigenvalue weighted by atomic mass is 10.2. The van der Waals surface area contributed by atoms with Crippen LogP contribution >= 0.6 is 11.3 Å². The number of nitro groups is 1. The van der Waals surface area contributed by atoms with Gasteiger partial charge in [-0.2, -0.15) is 5.26 Å². The quantitative estimate of drug-likeness (QED) is 0.670. The lowest BCUT2D eigenvalue weighted by Crippen LogP contribution is -2.12. The minimum Gasteiger partial charge on any atom is -0.355 e. The Morgan fingerprint density at radius 3 is 2.90 bits per heavy atom. The summed E-state index contributed by atoms with van der Waals surface area (Å²) in [6.07, 6.45) is 3.75. The monoisotopic (exact) mass is 289 g/mol. The van der Waals surface area contributed by atoms with Crippen molar-refractivity contribution in [3.63, 3.8) is 0 Å². The molecule has 0 saturated carbocycles. The minimum absolute atomic E-state index is 0.0125. The van der Waals surface area contributed by atoms with E-state index in [0.717, 1.165) is 5.01 Å². The number of hydrogen-bond donors (Lipinski definition) is 1. The molecule has 0 aromatic carbocycles. The number of nitrogens with zero attached hydrogens (tertiary/aromatic N) is 4. The lowest BCUT2D eigenvalue weighted by molar-refractivity contribution is -0.384. The van der Waals surface area contributed by atoms with E-state index in [0.29, 0.717) is 6.42 Å². The van der Waals surface area contributed by atoms with Crippen molar-refractivity contribution in [2.24, 2.45) is 0 Å². The molecule has 2 aromatic heterocycles. The molecule has 0 amide bonds. The second-order valence-electron chi connectivity index (χ2n) is 3.90. The fraction of sp³-hybridized carbons (Fsp3) is 0.250. The molecular formula is C12H11N5O2S. The number of pyridine rings is 1. The molecule has 8 heteroatoms. The second-order valence-corrected chi connectivity index (χ2v) is 4.83. The molecule has 0 spiro atoms. The van der Waals surface area contributed by atoms with Crippen LogP contribution in [-0.2, 0) is 0 Å². The van der Waals surface area contributed by atoms with E-state index in [1.807, 2.05) is 18.4 Å². The molecule has 0 aliphatic carbocycles. The van der Waals surface area contributed by atoms with Crippen LogP contribution in [0.25, 0.3) is 0 Å². The number of nitriles is 1. The Hall–Kier alpha value is -2.53. The largest absolute Gasteiger partial charge is 0.355 e. The summed E-state index contributed by atoms with van der Waals surface area (Å²) in [7, 11) is 0. The number of thiazole rings is 1. The summed E-state index contributed by atoms with van der Waals surface area (Å²) in [5, 5.41) is 25.7. The predicted molar refractivity (Wildman–Crippen MR) is 74.4 cm³/mol. The molecule has 0 saturated heterocycles. The third-order valence-electron chi connectivity index (χ3n) is 2.70. The number of hydrogen-bond acceptors (Lipinski definition) is 7. The van der Waals surface area contributed by atoms with Crippen molar-refractivity contribution in [3.8, 4) is 6.07 Å². The first-order valence-electron chi connectivity index (χ1n) is 5.86. The van der Waals surface area contributed by atoms with Gasteiger partial charge in [0.2, 0.25) is 5.82 Å². The van der Waals surface area contributed by atoms with E-state index in [1.54, 1.807) is 6.20 Å². The molecule has 0 bridgehead atoms. The Morgan fingerprint density at radius 1 is 1.55 bits per heavy atom. The molecule has 2 heterocycles. The Balaban J connectivity index is 2.38. The van der Waals surface area contributed by atoms with Crippen molar-refractivity contribution in [2.45, 2.75) is 19.4 Å². The van der Waals surface area contributed by atoms with Crippen LogP contribution in [0.15, 0.2) is 23.8 Å². The summed E-state index contributed by atoms with van der Waals surface area (Å²) < 4.78 is 0. The molecule has 102 valence electrons. The zero-order valence-corrected chi connectivity index (χ0v) is 11.4. The SMILES string of the molecule is CCC(Nc1nccc(C#N)c1[N+](=O)[O-])c1nccs1. The van der Waals surface area contributed by atoms with Gasteiger partial charge in [-0.1, -0.05) is 6.92 Å². The van der Waals surface area contributed by atoms with Gasteiger partial charge < -0.3 is 5.32 Å². The number of anilines is 1. The van der Waals surface area contributed by atoms with Crippen molar-refractivity contribution in [1.29, 1.82) is 5.26 Å². The van der Waals surface area contributed by atoms with Gasteiger partial charge in [0.05, 0.1) is 11.0 Å². The first-order chi connectivity index (χ1) is 9.67. The van der Waals surface area contributed by atoms with Gasteiger partial charge in [0.15, 0.2) is 0 Å². The van der Waals surface area contributed by atoms with Crippen molar-refractivity contribution < 1.29 is 4.92 Å². The summed E-state index contributed by atoms with van der Waals surface area (Å²) in [5.41, 5.74) is -0.313. The molecule has 1 atom stereocenters. The van der Waals surface area contributed by atoms with Crippen LogP contribution < -0.4 is 5.32 Å². The topological polar surface area (TPSA) is 105 Å². The van der Waals surface area contributed by atoms with Crippen molar-refractivity contribution >= 4 is 22.8 Å². The van der Waals surface area contributed by atoms with Gasteiger partial charge in [0.1, 0.15) is 16.6 Å². The molecule has 0 fully saturated rings. The molecule has 0 aliphatic heterocycles. The second kappa shape index (κ2) is 6.08. The lowest BCUT2D eigenvalue weighted by Gasteiger charge is -2.15. The zero-order chi connectivity index (χ0) is 14.5. The molecule has 7 nitrogen and oxygen atoms in total. The van der Waals surface area contributed by atoms with E-state index < -0.39 is 4.92 Å². The van der Waals surface area contributed by atoms with Gasteiger partial charge in [-0.25, -0.2) is 9.97 Å². The summed E-state index contributed by atoms with van der Waals surface area (Å²) in [5.74, 6) is 0.0936. The minimum atomic E-state index is -0.595. The van der Waals surface area contributed by atoms with Gasteiger partial charge in [0, 0.05) is 17.8 Å². The maximum absolute atomic E-state index is 11.1. The highest BCUT2D eigenvalue weighted by Crippen LogP contribution is 2.30. The van der Waals surface area contributed by atoms with Crippen molar-refractivity contribution in [2.75, 3.05) is 5.32 Å². The van der Waals surface area contributed by atoms with Crippen molar-refractivity contribution in [3.05, 3.63) is 44.5 Å². The van der Waals surface area contributed by atoms with Gasteiger partial charge >= 0.3 is 5.69 Å². The molecule has 1 N–H and O–H groups in total. The number of nitrogens with one attached hydrogen (secondary N) is 1. The fourth-order valence-electron chi connectivity index (χ4n) is 1.74. The highest BCUT2D eigenvalue weighted by molar-refractivity contribution is 7.09. The van der Waals surface area contributed by atoms with E-state index in [-0.39, 0.29) is 23.1 Å². The molecule has 2 rings (SSSR count). The number of rotatable bonds is 5. The average Bonchev–Trinajstić information content (AvgIpc) is 2.97. The van der Waals surface area contributed by atoms with E-state index in [2.05, 4.69) is 15.3 Å². The maximum atomic E-state index is 11.1. The van der Waals surface area contributed by atoms with Crippen molar-refractivity contribution in [1.82, 2.24) is 9.97 Å². The molecule has 20 heavy (non-hydrogen) atoms. The van der Waals surface area contributed by atoms with E-state index in [4.69, 9.17) is 5.26 Å². The molecule has 0 aliphatic rings. The van der Waals surface area contributed by atoms with E-state index >= 15 is 0 Å². The Morgan fingerprint density at radius 2 is 2.35 bits per heavy atom. The standard InChI is InChI=1S/C12H11N5O2S/c1-2-9(12-15-5-6-20-12)16-11-10(17(18)19)8(7-13)3-4-14-11/h3-6,9H,2H2,1H3,(H,14,16). The average molecular weight is 289 g/mol. The van der Waals surface area contributed by atoms with Crippen LogP contribution in [0.4, 0.5) is 11.5 Å². The van der Waals surface area contributed by atoms with Crippen LogP contribution in [0.3, 0.4) is 0 Å². The van der Waals surface area contributed by atoms with Crippen LogP contribution in [0.1, 0.15) is 30.0 Å². The fourth-order valence-corrected chi connectivity index (χ4v) is 2.52. The number of aromatic nitrogens is 2. The molecular weight excluding hydrogens is 278 g/mol. The Bertz CT molecular complexity index is 650. The molecule has 0 radical (unpaired) electrons. The van der Waals surface area contributed by atoms with Crippen LogP contribution in [0.5, 0.6) is 0 Å². The summed E-state index contributed by atoms with van der Waals surface area (Å²) in [4.78, 5) is 18.7. The van der Waals surface area contributed by atoms with Gasteiger partial charge in [-0.15, -0.1) is 11.3 Å². The first kappa shape index (κ1) is 13.9. The predicted octanol–water partition coefficient (Wildman–Crippen LogP) is 2.88. The van der Waals surface area contributed by atoms with Gasteiger partial charge in [0.25, 0.3) is 0 Å². The summed E-state index contributed by atoms with van der Waals surface area (Å²) in [6.45, 7) is 1.94. The molecule has 1 unspecified atom stereocenters. The highest BCUT2D eigenvalue weighted by Gasteiger charge is 2.24. The Kier molecular flexibility index (Phi) is 4.22. The summed E-state index contributed by atoms with van der Waals surface area (Å²) in [6, 6.07) is 2.96. The Labute approximate surface area is 119 Å². The van der Waals surface area contributed by atoms with Crippen LogP contribution in [0, 0.1) is 21.4 Å². The molecule has 2 aromatic rings. The van der Waals surface area contributed by atoms with Crippen LogP contribution in [0.2, 0.25) is 0 Å². The van der Waals surface area contributed by atoms with E-state index in [9.17, 15) is 10.1 Å². The van der Waals surface area contributed by atoms with Crippen LogP contribution in [-0.4, -0.2) is 14.9 Å².